The van der Waals surface area contributed by atoms with Gasteiger partial charge in [0, 0.05) is 18.8 Å². The lowest BCUT2D eigenvalue weighted by atomic mass is 9.98. The number of ether oxygens (including phenoxy) is 1. The maximum absolute atomic E-state index is 12.7. The molecule has 1 aromatic heterocycles. The van der Waals surface area contributed by atoms with Crippen molar-refractivity contribution in [1.82, 2.24) is 15.2 Å². The molecular formula is C23H31N3O3. The number of nitrogens with zero attached hydrogens (tertiary/aromatic N) is 1. The van der Waals surface area contributed by atoms with Crippen LogP contribution in [0.25, 0.3) is 0 Å². The molecule has 0 saturated carbocycles. The van der Waals surface area contributed by atoms with Gasteiger partial charge in [-0.25, -0.2) is 4.79 Å². The third-order valence-electron chi connectivity index (χ3n) is 5.88. The molecule has 156 valence electrons. The quantitative estimate of drug-likeness (QED) is 0.731. The number of aryl methyl sites for hydroxylation is 1. The van der Waals surface area contributed by atoms with Gasteiger partial charge in [-0.15, -0.1) is 0 Å². The molecule has 2 N–H and O–H groups in total. The predicted octanol–water partition coefficient (Wildman–Crippen LogP) is 3.58. The molecule has 1 aromatic carbocycles. The molecule has 0 atom stereocenters. The molecule has 1 fully saturated rings. The van der Waals surface area contributed by atoms with Crippen molar-refractivity contribution in [2.24, 2.45) is 5.92 Å². The average Bonchev–Trinajstić information content (AvgIpc) is 3.02. The van der Waals surface area contributed by atoms with Crippen LogP contribution in [0.15, 0.2) is 24.3 Å². The Bertz CT molecular complexity index is 879. The van der Waals surface area contributed by atoms with Crippen LogP contribution in [0.1, 0.15) is 63.0 Å². The molecule has 0 aliphatic carbocycles. The van der Waals surface area contributed by atoms with Crippen LogP contribution in [-0.2, 0) is 17.8 Å². The van der Waals surface area contributed by atoms with Crippen molar-refractivity contribution in [2.45, 2.75) is 46.7 Å². The van der Waals surface area contributed by atoms with E-state index in [0.29, 0.717) is 29.1 Å². The normalized spacial score (nSPS) is 15.3. The van der Waals surface area contributed by atoms with Crippen molar-refractivity contribution in [3.8, 4) is 0 Å². The molecule has 0 bridgehead atoms. The van der Waals surface area contributed by atoms with Gasteiger partial charge in [0.2, 0.25) is 0 Å². The first kappa shape index (κ1) is 21.1. The molecular weight excluding hydrogens is 366 g/mol. The maximum Gasteiger partial charge on any atom is 0.339 e. The van der Waals surface area contributed by atoms with Crippen molar-refractivity contribution in [1.29, 1.82) is 0 Å². The number of H-pyrrole nitrogens is 1. The minimum absolute atomic E-state index is 0.220. The Labute approximate surface area is 172 Å². The SMILES string of the molecule is COC(=O)c1c(C)[nH]c(C(=O)NCc2ccccc2CN2CCC(C)CC2)c1C. The van der Waals surface area contributed by atoms with Crippen molar-refractivity contribution < 1.29 is 14.3 Å². The minimum atomic E-state index is -0.434. The average molecular weight is 398 g/mol. The third kappa shape index (κ3) is 4.88. The first-order valence-electron chi connectivity index (χ1n) is 10.3. The predicted molar refractivity (Wildman–Crippen MR) is 113 cm³/mol. The molecule has 0 radical (unpaired) electrons. The van der Waals surface area contributed by atoms with E-state index in [1.165, 1.54) is 25.5 Å². The fraction of sp³-hybridized carbons (Fsp3) is 0.478. The molecule has 29 heavy (non-hydrogen) atoms. The number of amides is 1. The van der Waals surface area contributed by atoms with Crippen LogP contribution in [0.3, 0.4) is 0 Å². The van der Waals surface area contributed by atoms with Crippen LogP contribution in [0.5, 0.6) is 0 Å². The fourth-order valence-corrected chi connectivity index (χ4v) is 3.99. The summed E-state index contributed by atoms with van der Waals surface area (Å²) >= 11 is 0. The second kappa shape index (κ2) is 9.27. The van der Waals surface area contributed by atoms with Crippen LogP contribution >= 0.6 is 0 Å². The summed E-state index contributed by atoms with van der Waals surface area (Å²) in [6.45, 7) is 9.45. The van der Waals surface area contributed by atoms with Gasteiger partial charge in [-0.2, -0.15) is 0 Å². The van der Waals surface area contributed by atoms with Crippen molar-refractivity contribution >= 4 is 11.9 Å². The summed E-state index contributed by atoms with van der Waals surface area (Å²) in [4.78, 5) is 30.2. The summed E-state index contributed by atoms with van der Waals surface area (Å²) in [5, 5.41) is 3.00. The summed E-state index contributed by atoms with van der Waals surface area (Å²) in [7, 11) is 1.34. The Morgan fingerprint density at radius 3 is 2.48 bits per heavy atom. The van der Waals surface area contributed by atoms with Crippen LogP contribution < -0.4 is 5.32 Å². The van der Waals surface area contributed by atoms with Crippen molar-refractivity contribution in [2.75, 3.05) is 20.2 Å². The highest BCUT2D eigenvalue weighted by atomic mass is 16.5. The van der Waals surface area contributed by atoms with E-state index >= 15 is 0 Å². The number of aromatic amines is 1. The topological polar surface area (TPSA) is 74.4 Å². The molecule has 1 aliphatic heterocycles. The van der Waals surface area contributed by atoms with Gasteiger partial charge in [-0.1, -0.05) is 31.2 Å². The Kier molecular flexibility index (Phi) is 6.75. The summed E-state index contributed by atoms with van der Waals surface area (Å²) in [6.07, 6.45) is 2.49. The maximum atomic E-state index is 12.7. The van der Waals surface area contributed by atoms with Crippen molar-refractivity contribution in [3.05, 3.63) is 57.9 Å². The van der Waals surface area contributed by atoms with Gasteiger partial charge in [0.15, 0.2) is 0 Å². The Morgan fingerprint density at radius 1 is 1.17 bits per heavy atom. The zero-order chi connectivity index (χ0) is 21.0. The van der Waals surface area contributed by atoms with Crippen LogP contribution in [0.2, 0.25) is 0 Å². The zero-order valence-corrected chi connectivity index (χ0v) is 17.8. The Balaban J connectivity index is 1.68. The number of nitrogens with one attached hydrogen (secondary N) is 2. The largest absolute Gasteiger partial charge is 0.465 e. The fourth-order valence-electron chi connectivity index (χ4n) is 3.99. The van der Waals surface area contributed by atoms with E-state index in [0.717, 1.165) is 31.1 Å². The molecule has 0 unspecified atom stereocenters. The number of hydrogen-bond acceptors (Lipinski definition) is 4. The number of esters is 1. The van der Waals surface area contributed by atoms with Crippen LogP contribution in [-0.4, -0.2) is 42.0 Å². The zero-order valence-electron chi connectivity index (χ0n) is 17.8. The molecule has 2 aromatic rings. The van der Waals surface area contributed by atoms with Crippen LogP contribution in [0, 0.1) is 19.8 Å². The standard InChI is InChI=1S/C23H31N3O3/c1-15-9-11-26(12-10-15)14-19-8-6-5-7-18(19)13-24-22(27)21-16(2)20(17(3)25-21)23(28)29-4/h5-8,15,25H,9-14H2,1-4H3,(H,24,27). The second-order valence-corrected chi connectivity index (χ2v) is 8.03. The van der Waals surface area contributed by atoms with Gasteiger partial charge >= 0.3 is 5.97 Å². The van der Waals surface area contributed by atoms with E-state index in [-0.39, 0.29) is 5.91 Å². The highest BCUT2D eigenvalue weighted by Gasteiger charge is 2.22. The Morgan fingerprint density at radius 2 is 1.83 bits per heavy atom. The molecule has 1 amide bonds. The lowest BCUT2D eigenvalue weighted by Crippen LogP contribution is -2.33. The summed E-state index contributed by atoms with van der Waals surface area (Å²) in [5.41, 5.74) is 4.45. The summed E-state index contributed by atoms with van der Waals surface area (Å²) in [5.74, 6) is 0.155. The number of rotatable bonds is 6. The number of carbonyl (C=O) groups is 2. The molecule has 1 saturated heterocycles. The van der Waals surface area contributed by atoms with Gasteiger partial charge < -0.3 is 15.0 Å². The van der Waals surface area contributed by atoms with E-state index in [9.17, 15) is 9.59 Å². The third-order valence-corrected chi connectivity index (χ3v) is 5.88. The monoisotopic (exact) mass is 397 g/mol. The van der Waals surface area contributed by atoms with Gasteiger partial charge in [-0.3, -0.25) is 9.69 Å². The number of aromatic nitrogens is 1. The van der Waals surface area contributed by atoms with Gasteiger partial charge in [-0.05, 0) is 62.4 Å². The molecule has 0 spiro atoms. The number of piperidine rings is 1. The smallest absolute Gasteiger partial charge is 0.339 e. The van der Waals surface area contributed by atoms with E-state index in [1.54, 1.807) is 13.8 Å². The van der Waals surface area contributed by atoms with E-state index < -0.39 is 5.97 Å². The first-order chi connectivity index (χ1) is 13.9. The van der Waals surface area contributed by atoms with Crippen molar-refractivity contribution in [3.63, 3.8) is 0 Å². The summed E-state index contributed by atoms with van der Waals surface area (Å²) < 4.78 is 4.82. The second-order valence-electron chi connectivity index (χ2n) is 8.03. The highest BCUT2D eigenvalue weighted by Crippen LogP contribution is 2.21. The van der Waals surface area contributed by atoms with E-state index in [2.05, 4.69) is 34.3 Å². The van der Waals surface area contributed by atoms with E-state index in [1.807, 2.05) is 12.1 Å². The van der Waals surface area contributed by atoms with Gasteiger partial charge in [0.05, 0.1) is 12.7 Å². The van der Waals surface area contributed by atoms with Crippen LogP contribution in [0.4, 0.5) is 0 Å². The number of carbonyl (C=O) groups excluding carboxylic acids is 2. The number of likely N-dealkylation sites (tertiary alicyclic amines) is 1. The lowest BCUT2D eigenvalue weighted by molar-refractivity contribution is 0.0599. The van der Waals surface area contributed by atoms with E-state index in [4.69, 9.17) is 4.74 Å². The molecule has 3 rings (SSSR count). The summed E-state index contributed by atoms with van der Waals surface area (Å²) in [6, 6.07) is 8.25. The van der Waals surface area contributed by atoms with Gasteiger partial charge in [0.25, 0.3) is 5.91 Å². The highest BCUT2D eigenvalue weighted by molar-refractivity contribution is 6.00. The molecule has 6 nitrogen and oxygen atoms in total. The lowest BCUT2D eigenvalue weighted by Gasteiger charge is -2.30. The molecule has 6 heteroatoms. The minimum Gasteiger partial charge on any atom is -0.465 e. The number of hydrogen-bond donors (Lipinski definition) is 2. The molecule has 2 heterocycles. The number of benzene rings is 1. The Hall–Kier alpha value is -2.60. The van der Waals surface area contributed by atoms with Gasteiger partial charge in [0.1, 0.15) is 5.69 Å². The first-order valence-corrected chi connectivity index (χ1v) is 10.3. The molecule has 1 aliphatic rings. The number of methoxy groups -OCH3 is 1.